The molecule has 0 aromatic heterocycles. The summed E-state index contributed by atoms with van der Waals surface area (Å²) >= 11 is 0. The van der Waals surface area contributed by atoms with E-state index in [0.29, 0.717) is 11.5 Å². The van der Waals surface area contributed by atoms with Gasteiger partial charge in [0.1, 0.15) is 0 Å². The number of carbonyl (C=O) groups is 1. The second kappa shape index (κ2) is 7.80. The molecule has 1 N–H and O–H groups in total. The van der Waals surface area contributed by atoms with E-state index in [9.17, 15) is 13.2 Å². The monoisotopic (exact) mass is 331 g/mol. The highest BCUT2D eigenvalue weighted by Gasteiger charge is 2.14. The van der Waals surface area contributed by atoms with Crippen LogP contribution in [0, 0.1) is 5.92 Å². The smallest absolute Gasteiger partial charge is 0.261 e. The molecule has 1 rings (SSSR count). The van der Waals surface area contributed by atoms with E-state index in [-0.39, 0.29) is 16.8 Å². The Morgan fingerprint density at radius 2 is 1.90 bits per heavy atom. The Kier molecular flexibility index (Phi) is 6.68. The average Bonchev–Trinajstić information content (AvgIpc) is 2.37. The summed E-state index contributed by atoms with van der Waals surface area (Å²) in [5.41, 5.74) is 0.299. The Balaban J connectivity index is 2.63. The van der Waals surface area contributed by atoms with Gasteiger partial charge in [-0.05, 0) is 37.5 Å². The van der Waals surface area contributed by atoms with E-state index in [1.807, 2.05) is 6.92 Å². The zero-order valence-corrected chi connectivity index (χ0v) is 14.2. The van der Waals surface area contributed by atoms with E-state index >= 15 is 0 Å². The molecule has 1 atom stereocenters. The Morgan fingerprint density at radius 1 is 1.24 bits per heavy atom. The molecule has 0 fully saturated rings. The van der Waals surface area contributed by atoms with Gasteiger partial charge in [0.25, 0.3) is 15.0 Å². The number of benzene rings is 1. The molecule has 118 valence electrons. The third-order valence-corrected chi connectivity index (χ3v) is 4.53. The summed E-state index contributed by atoms with van der Waals surface area (Å²) in [7, 11) is 1.46. The second-order valence-electron chi connectivity index (χ2n) is 5.66. The molecule has 6 heteroatoms. The molecule has 0 heterocycles. The van der Waals surface area contributed by atoms with Gasteiger partial charge in [-0.1, -0.05) is 32.8 Å². The van der Waals surface area contributed by atoms with Crippen molar-refractivity contribution in [3.05, 3.63) is 29.8 Å². The third kappa shape index (κ3) is 6.48. The number of carbonyl (C=O) groups excluding carboxylic acids is 1. The lowest BCUT2D eigenvalue weighted by molar-refractivity contribution is 0.0937. The maximum Gasteiger partial charge on any atom is 0.261 e. The molecule has 0 bridgehead atoms. The van der Waals surface area contributed by atoms with E-state index in [4.69, 9.17) is 10.7 Å². The summed E-state index contributed by atoms with van der Waals surface area (Å²) in [5, 5.41) is 2.87. The zero-order chi connectivity index (χ0) is 16.0. The van der Waals surface area contributed by atoms with Crippen molar-refractivity contribution in [3.8, 4) is 0 Å². The predicted octanol–water partition coefficient (Wildman–Crippen LogP) is 3.56. The van der Waals surface area contributed by atoms with Crippen LogP contribution in [0.15, 0.2) is 29.2 Å². The number of rotatable bonds is 7. The number of amides is 1. The minimum atomic E-state index is -3.82. The molecule has 0 radical (unpaired) electrons. The number of halogens is 1. The molecular weight excluding hydrogens is 310 g/mol. The van der Waals surface area contributed by atoms with Gasteiger partial charge in [0.2, 0.25) is 0 Å². The lowest BCUT2D eigenvalue weighted by Crippen LogP contribution is -2.32. The topological polar surface area (TPSA) is 63.2 Å². The fourth-order valence-corrected chi connectivity index (χ4v) is 2.80. The van der Waals surface area contributed by atoms with Crippen molar-refractivity contribution in [2.75, 3.05) is 0 Å². The summed E-state index contributed by atoms with van der Waals surface area (Å²) in [6.45, 7) is 6.28. The lowest BCUT2D eigenvalue weighted by Gasteiger charge is -2.14. The van der Waals surface area contributed by atoms with E-state index in [1.54, 1.807) is 6.07 Å². The van der Waals surface area contributed by atoms with Crippen LogP contribution < -0.4 is 5.32 Å². The average molecular weight is 332 g/mol. The zero-order valence-electron chi connectivity index (χ0n) is 12.6. The Labute approximate surface area is 131 Å². The Morgan fingerprint density at radius 3 is 2.48 bits per heavy atom. The van der Waals surface area contributed by atoms with Crippen LogP contribution in [0.4, 0.5) is 0 Å². The molecule has 0 saturated carbocycles. The highest BCUT2D eigenvalue weighted by atomic mass is 35.7. The highest BCUT2D eigenvalue weighted by Crippen LogP contribution is 2.16. The van der Waals surface area contributed by atoms with Gasteiger partial charge in [-0.3, -0.25) is 4.79 Å². The predicted molar refractivity (Wildman–Crippen MR) is 85.1 cm³/mol. The van der Waals surface area contributed by atoms with Crippen LogP contribution in [-0.2, 0) is 9.05 Å². The SMILES string of the molecule is CC(C)CCCC(C)NC(=O)c1cccc(S(=O)(=O)Cl)c1. The minimum absolute atomic E-state index is 0.0486. The minimum Gasteiger partial charge on any atom is -0.350 e. The summed E-state index contributed by atoms with van der Waals surface area (Å²) in [6, 6.07) is 5.78. The summed E-state index contributed by atoms with van der Waals surface area (Å²) in [6.07, 6.45) is 3.08. The highest BCUT2D eigenvalue weighted by molar-refractivity contribution is 8.13. The summed E-state index contributed by atoms with van der Waals surface area (Å²) in [4.78, 5) is 12.0. The lowest BCUT2D eigenvalue weighted by atomic mass is 10.0. The van der Waals surface area contributed by atoms with Gasteiger partial charge in [0.05, 0.1) is 4.90 Å². The molecule has 21 heavy (non-hydrogen) atoms. The second-order valence-corrected chi connectivity index (χ2v) is 8.23. The molecule has 0 aliphatic rings. The molecule has 1 unspecified atom stereocenters. The van der Waals surface area contributed by atoms with E-state index < -0.39 is 9.05 Å². The Hall–Kier alpha value is -1.07. The van der Waals surface area contributed by atoms with E-state index in [1.165, 1.54) is 18.2 Å². The van der Waals surface area contributed by atoms with E-state index in [2.05, 4.69) is 19.2 Å². The van der Waals surface area contributed by atoms with Crippen LogP contribution in [-0.4, -0.2) is 20.4 Å². The van der Waals surface area contributed by atoms with Gasteiger partial charge in [-0.2, -0.15) is 0 Å². The summed E-state index contributed by atoms with van der Waals surface area (Å²) < 4.78 is 22.5. The Bertz CT molecular complexity index is 584. The van der Waals surface area contributed by atoms with Crippen LogP contribution in [0.1, 0.15) is 50.4 Å². The quantitative estimate of drug-likeness (QED) is 0.777. The van der Waals surface area contributed by atoms with Crippen molar-refractivity contribution in [1.29, 1.82) is 0 Å². The maximum absolute atomic E-state index is 12.1. The maximum atomic E-state index is 12.1. The van der Waals surface area contributed by atoms with Crippen molar-refractivity contribution in [2.45, 2.75) is 51.0 Å². The van der Waals surface area contributed by atoms with Crippen molar-refractivity contribution in [2.24, 2.45) is 5.92 Å². The molecule has 1 aromatic carbocycles. The first kappa shape index (κ1) is 18.0. The molecule has 0 saturated heterocycles. The van der Waals surface area contributed by atoms with E-state index in [0.717, 1.165) is 19.3 Å². The van der Waals surface area contributed by atoms with Crippen LogP contribution in [0.25, 0.3) is 0 Å². The number of hydrogen-bond acceptors (Lipinski definition) is 3. The van der Waals surface area contributed by atoms with Crippen molar-refractivity contribution in [1.82, 2.24) is 5.32 Å². The number of hydrogen-bond donors (Lipinski definition) is 1. The van der Waals surface area contributed by atoms with Crippen LogP contribution >= 0.6 is 10.7 Å². The number of nitrogens with one attached hydrogen (secondary N) is 1. The first-order valence-electron chi connectivity index (χ1n) is 7.05. The fraction of sp³-hybridized carbons (Fsp3) is 0.533. The van der Waals surface area contributed by atoms with Crippen molar-refractivity contribution >= 4 is 25.6 Å². The van der Waals surface area contributed by atoms with Gasteiger partial charge >= 0.3 is 0 Å². The molecule has 0 spiro atoms. The van der Waals surface area contributed by atoms with Crippen molar-refractivity contribution in [3.63, 3.8) is 0 Å². The normalized spacial score (nSPS) is 13.2. The standard InChI is InChI=1S/C15H22ClNO3S/c1-11(2)6-4-7-12(3)17-15(18)13-8-5-9-14(10-13)21(16,19)20/h5,8-12H,4,6-7H2,1-3H3,(H,17,18). The van der Waals surface area contributed by atoms with Crippen LogP contribution in [0.3, 0.4) is 0 Å². The molecular formula is C15H22ClNO3S. The first-order valence-corrected chi connectivity index (χ1v) is 9.36. The molecule has 1 aromatic rings. The molecule has 4 nitrogen and oxygen atoms in total. The largest absolute Gasteiger partial charge is 0.350 e. The van der Waals surface area contributed by atoms with Gasteiger partial charge in [0, 0.05) is 22.3 Å². The molecule has 0 aliphatic carbocycles. The van der Waals surface area contributed by atoms with Gasteiger partial charge in [-0.25, -0.2) is 8.42 Å². The first-order chi connectivity index (χ1) is 9.70. The molecule has 0 aliphatic heterocycles. The van der Waals surface area contributed by atoms with Gasteiger partial charge in [0.15, 0.2) is 0 Å². The van der Waals surface area contributed by atoms with Crippen LogP contribution in [0.2, 0.25) is 0 Å². The van der Waals surface area contributed by atoms with Crippen LogP contribution in [0.5, 0.6) is 0 Å². The van der Waals surface area contributed by atoms with Gasteiger partial charge in [-0.15, -0.1) is 0 Å². The molecule has 1 amide bonds. The van der Waals surface area contributed by atoms with Gasteiger partial charge < -0.3 is 5.32 Å². The fourth-order valence-electron chi connectivity index (χ4n) is 2.00. The van der Waals surface area contributed by atoms with Crippen molar-refractivity contribution < 1.29 is 13.2 Å². The summed E-state index contributed by atoms with van der Waals surface area (Å²) in [5.74, 6) is 0.368. The third-order valence-electron chi connectivity index (χ3n) is 3.17.